The Hall–Kier alpha value is -3.60. The third-order valence-electron chi connectivity index (χ3n) is 5.11. The first-order valence-corrected chi connectivity index (χ1v) is 9.09. The van der Waals surface area contributed by atoms with Crippen molar-refractivity contribution in [2.45, 2.75) is 13.5 Å². The number of nitrogens with zero attached hydrogens (tertiary/aromatic N) is 2. The number of carbonyl (C=O) groups is 1. The third kappa shape index (κ3) is 2.55. The van der Waals surface area contributed by atoms with Crippen LogP contribution < -0.4 is 9.64 Å². The Kier molecular flexibility index (Phi) is 3.69. The maximum absolute atomic E-state index is 12.8. The Morgan fingerprint density at radius 1 is 1.07 bits per heavy atom. The summed E-state index contributed by atoms with van der Waals surface area (Å²) in [5.74, 6) is 1.30. The van der Waals surface area contributed by atoms with Crippen LogP contribution in [0, 0.1) is 6.92 Å². The van der Waals surface area contributed by atoms with E-state index in [1.165, 1.54) is 0 Å². The summed E-state index contributed by atoms with van der Waals surface area (Å²) in [5.41, 5.74) is 5.89. The summed E-state index contributed by atoms with van der Waals surface area (Å²) < 4.78 is 11.3. The van der Waals surface area contributed by atoms with Crippen molar-refractivity contribution in [3.8, 4) is 17.2 Å². The molecule has 0 unspecified atom stereocenters. The second-order valence-electron chi connectivity index (χ2n) is 6.91. The van der Waals surface area contributed by atoms with Crippen LogP contribution >= 0.6 is 0 Å². The zero-order valence-electron chi connectivity index (χ0n) is 15.6. The number of methoxy groups -OCH3 is 1. The Bertz CT molecular complexity index is 1230. The Morgan fingerprint density at radius 2 is 1.93 bits per heavy atom. The van der Waals surface area contributed by atoms with Crippen molar-refractivity contribution in [3.05, 3.63) is 77.4 Å². The van der Waals surface area contributed by atoms with E-state index in [2.05, 4.69) is 4.98 Å². The summed E-state index contributed by atoms with van der Waals surface area (Å²) in [6.45, 7) is 2.54. The predicted molar refractivity (Wildman–Crippen MR) is 108 cm³/mol. The monoisotopic (exact) mass is 370 g/mol. The van der Waals surface area contributed by atoms with Gasteiger partial charge < -0.3 is 14.1 Å². The number of ether oxygens (including phenoxy) is 1. The van der Waals surface area contributed by atoms with Gasteiger partial charge in [-0.3, -0.25) is 4.79 Å². The van der Waals surface area contributed by atoms with Gasteiger partial charge in [0.05, 0.1) is 13.7 Å². The summed E-state index contributed by atoms with van der Waals surface area (Å²) in [6, 6.07) is 19.2. The Labute approximate surface area is 162 Å². The number of benzene rings is 3. The molecule has 0 saturated heterocycles. The molecule has 0 spiro atoms. The van der Waals surface area contributed by atoms with Gasteiger partial charge in [0.1, 0.15) is 11.3 Å². The molecule has 0 fully saturated rings. The van der Waals surface area contributed by atoms with Crippen molar-refractivity contribution in [1.82, 2.24) is 4.98 Å². The molecule has 2 heterocycles. The van der Waals surface area contributed by atoms with E-state index in [1.807, 2.05) is 67.6 Å². The van der Waals surface area contributed by atoms with E-state index in [-0.39, 0.29) is 5.91 Å². The van der Waals surface area contributed by atoms with E-state index in [0.717, 1.165) is 44.8 Å². The highest BCUT2D eigenvalue weighted by Gasteiger charge is 2.28. The van der Waals surface area contributed by atoms with Crippen LogP contribution in [0.3, 0.4) is 0 Å². The summed E-state index contributed by atoms with van der Waals surface area (Å²) >= 11 is 0. The number of rotatable bonds is 3. The van der Waals surface area contributed by atoms with Gasteiger partial charge in [0.2, 0.25) is 5.89 Å². The predicted octanol–water partition coefficient (Wildman–Crippen LogP) is 4.97. The van der Waals surface area contributed by atoms with Crippen LogP contribution in [0.25, 0.3) is 22.6 Å². The first kappa shape index (κ1) is 16.6. The van der Waals surface area contributed by atoms with E-state index in [0.29, 0.717) is 12.4 Å². The lowest BCUT2D eigenvalue weighted by molar-refractivity contribution is 0.0996. The molecule has 28 heavy (non-hydrogen) atoms. The molecular weight excluding hydrogens is 352 g/mol. The van der Waals surface area contributed by atoms with Crippen molar-refractivity contribution in [3.63, 3.8) is 0 Å². The molecule has 0 bridgehead atoms. The molecule has 4 aromatic rings. The first-order chi connectivity index (χ1) is 13.6. The van der Waals surface area contributed by atoms with Crippen LogP contribution in [-0.2, 0) is 6.54 Å². The van der Waals surface area contributed by atoms with Crippen molar-refractivity contribution in [2.75, 3.05) is 12.0 Å². The molecule has 0 aliphatic carbocycles. The SMILES string of the molecule is COc1cccc(-c2nc3cc(N4Cc5ccccc5C4=O)cc(C)c3o2)c1. The lowest BCUT2D eigenvalue weighted by atomic mass is 10.1. The van der Waals surface area contributed by atoms with E-state index < -0.39 is 0 Å². The van der Waals surface area contributed by atoms with Gasteiger partial charge in [0.15, 0.2) is 5.58 Å². The summed E-state index contributed by atoms with van der Waals surface area (Å²) in [5, 5.41) is 0. The summed E-state index contributed by atoms with van der Waals surface area (Å²) in [4.78, 5) is 19.3. The molecule has 0 radical (unpaired) electrons. The normalized spacial score (nSPS) is 13.2. The Morgan fingerprint density at radius 3 is 2.75 bits per heavy atom. The number of oxazole rings is 1. The number of hydrogen-bond donors (Lipinski definition) is 0. The zero-order valence-corrected chi connectivity index (χ0v) is 15.6. The fourth-order valence-corrected chi connectivity index (χ4v) is 3.68. The van der Waals surface area contributed by atoms with Gasteiger partial charge in [0.25, 0.3) is 5.91 Å². The van der Waals surface area contributed by atoms with Crippen molar-refractivity contribution >= 4 is 22.7 Å². The molecule has 1 aliphatic rings. The zero-order chi connectivity index (χ0) is 19.3. The van der Waals surface area contributed by atoms with E-state index in [9.17, 15) is 4.79 Å². The topological polar surface area (TPSA) is 55.6 Å². The molecule has 5 heteroatoms. The van der Waals surface area contributed by atoms with Crippen LogP contribution in [0.4, 0.5) is 5.69 Å². The van der Waals surface area contributed by atoms with Gasteiger partial charge in [-0.1, -0.05) is 24.3 Å². The average molecular weight is 370 g/mol. The minimum Gasteiger partial charge on any atom is -0.497 e. The molecule has 1 aliphatic heterocycles. The summed E-state index contributed by atoms with van der Waals surface area (Å²) in [7, 11) is 1.63. The van der Waals surface area contributed by atoms with Gasteiger partial charge >= 0.3 is 0 Å². The standard InChI is InChI=1S/C23H18N2O3/c1-14-10-17(25-13-16-6-3-4-9-19(16)23(25)26)12-20-21(14)28-22(24-20)15-7-5-8-18(11-15)27-2/h3-12H,13H2,1-2H3. The molecule has 3 aromatic carbocycles. The lowest BCUT2D eigenvalue weighted by Gasteiger charge is -2.16. The summed E-state index contributed by atoms with van der Waals surface area (Å²) in [6.07, 6.45) is 0. The third-order valence-corrected chi connectivity index (χ3v) is 5.11. The van der Waals surface area contributed by atoms with Crippen molar-refractivity contribution in [2.24, 2.45) is 0 Å². The van der Waals surface area contributed by atoms with Gasteiger partial charge in [-0.05, 0) is 54.4 Å². The van der Waals surface area contributed by atoms with E-state index in [4.69, 9.17) is 9.15 Å². The molecule has 5 rings (SSSR count). The quantitative estimate of drug-likeness (QED) is 0.511. The molecular formula is C23H18N2O3. The maximum atomic E-state index is 12.8. The number of aryl methyl sites for hydroxylation is 1. The minimum atomic E-state index is 0.0193. The van der Waals surface area contributed by atoms with Crippen LogP contribution in [0.2, 0.25) is 0 Å². The Balaban J connectivity index is 1.57. The van der Waals surface area contributed by atoms with Crippen LogP contribution in [-0.4, -0.2) is 18.0 Å². The molecule has 0 saturated carbocycles. The fourth-order valence-electron chi connectivity index (χ4n) is 3.68. The highest BCUT2D eigenvalue weighted by Crippen LogP contribution is 2.34. The lowest BCUT2D eigenvalue weighted by Crippen LogP contribution is -2.23. The fraction of sp³-hybridized carbons (Fsp3) is 0.130. The number of carbonyl (C=O) groups excluding carboxylic acids is 1. The largest absolute Gasteiger partial charge is 0.497 e. The number of amides is 1. The average Bonchev–Trinajstić information content (AvgIpc) is 3.30. The van der Waals surface area contributed by atoms with Crippen molar-refractivity contribution < 1.29 is 13.9 Å². The number of anilines is 1. The van der Waals surface area contributed by atoms with Crippen molar-refractivity contribution in [1.29, 1.82) is 0 Å². The second kappa shape index (κ2) is 6.23. The van der Waals surface area contributed by atoms with Crippen LogP contribution in [0.1, 0.15) is 21.5 Å². The van der Waals surface area contributed by atoms with Gasteiger partial charge in [-0.2, -0.15) is 0 Å². The van der Waals surface area contributed by atoms with E-state index >= 15 is 0 Å². The van der Waals surface area contributed by atoms with Gasteiger partial charge in [-0.25, -0.2) is 4.98 Å². The molecule has 0 N–H and O–H groups in total. The molecule has 1 amide bonds. The van der Waals surface area contributed by atoms with Gasteiger partial charge in [0, 0.05) is 16.8 Å². The molecule has 1 aromatic heterocycles. The smallest absolute Gasteiger partial charge is 0.258 e. The van der Waals surface area contributed by atoms with Crippen LogP contribution in [0.15, 0.2) is 65.1 Å². The first-order valence-electron chi connectivity index (χ1n) is 9.09. The maximum Gasteiger partial charge on any atom is 0.258 e. The minimum absolute atomic E-state index is 0.0193. The molecule has 138 valence electrons. The number of hydrogen-bond acceptors (Lipinski definition) is 4. The highest BCUT2D eigenvalue weighted by atomic mass is 16.5. The van der Waals surface area contributed by atoms with E-state index in [1.54, 1.807) is 12.0 Å². The molecule has 0 atom stereocenters. The molecule has 5 nitrogen and oxygen atoms in total. The van der Waals surface area contributed by atoms with Gasteiger partial charge in [-0.15, -0.1) is 0 Å². The number of aromatic nitrogens is 1. The number of fused-ring (bicyclic) bond motifs is 2. The van der Waals surface area contributed by atoms with Crippen LogP contribution in [0.5, 0.6) is 5.75 Å². The second-order valence-corrected chi connectivity index (χ2v) is 6.91. The highest BCUT2D eigenvalue weighted by molar-refractivity contribution is 6.10.